The van der Waals surface area contributed by atoms with Crippen LogP contribution in [0.3, 0.4) is 0 Å². The van der Waals surface area contributed by atoms with Gasteiger partial charge in [0.1, 0.15) is 17.6 Å². The Morgan fingerprint density at radius 1 is 1.47 bits per heavy atom. The third kappa shape index (κ3) is 3.72. The van der Waals surface area contributed by atoms with Gasteiger partial charge in [0.25, 0.3) is 0 Å². The summed E-state index contributed by atoms with van der Waals surface area (Å²) in [6.07, 6.45) is -0.462. The second-order valence-electron chi connectivity index (χ2n) is 5.24. The van der Waals surface area contributed by atoms with Crippen molar-refractivity contribution in [3.8, 4) is 6.07 Å². The average molecular weight is 233 g/mol. The number of hydrogen-bond donors (Lipinski definition) is 2. The summed E-state index contributed by atoms with van der Waals surface area (Å²) in [6, 6.07) is 5.70. The molecule has 0 aliphatic carbocycles. The highest BCUT2D eigenvalue weighted by Crippen LogP contribution is 2.19. The zero-order chi connectivity index (χ0) is 13.1. The minimum Gasteiger partial charge on any atom is -0.391 e. The van der Waals surface area contributed by atoms with Crippen molar-refractivity contribution in [2.45, 2.75) is 33.8 Å². The molecular formula is C13H19N3O. The molecule has 92 valence electrons. The van der Waals surface area contributed by atoms with Crippen LogP contribution in [-0.2, 0) is 0 Å². The van der Waals surface area contributed by atoms with E-state index in [1.807, 2.05) is 45.9 Å². The smallest absolute Gasteiger partial charge is 0.145 e. The molecule has 1 aromatic heterocycles. The van der Waals surface area contributed by atoms with Gasteiger partial charge in [-0.05, 0) is 24.0 Å². The van der Waals surface area contributed by atoms with E-state index in [4.69, 9.17) is 5.26 Å². The van der Waals surface area contributed by atoms with E-state index in [2.05, 4.69) is 10.3 Å². The topological polar surface area (TPSA) is 68.9 Å². The third-order valence-electron chi connectivity index (χ3n) is 2.68. The molecule has 2 N–H and O–H groups in total. The molecule has 1 atom stereocenters. The van der Waals surface area contributed by atoms with Crippen LogP contribution in [0.4, 0.5) is 5.82 Å². The summed E-state index contributed by atoms with van der Waals surface area (Å²) in [6.45, 7) is 8.19. The molecule has 0 amide bonds. The number of aromatic nitrogens is 1. The standard InChI is InChI=1S/C13H19N3O/c1-9-5-6-12(16-10(9)7-14)15-8-11(17)13(2,3)4/h5-6,11,17H,8H2,1-4H3,(H,15,16). The molecule has 0 aliphatic heterocycles. The number of aliphatic hydroxyl groups excluding tert-OH is 1. The van der Waals surface area contributed by atoms with Gasteiger partial charge in [-0.1, -0.05) is 26.8 Å². The van der Waals surface area contributed by atoms with Crippen molar-refractivity contribution < 1.29 is 5.11 Å². The van der Waals surface area contributed by atoms with Crippen molar-refractivity contribution in [2.75, 3.05) is 11.9 Å². The van der Waals surface area contributed by atoms with E-state index in [9.17, 15) is 5.11 Å². The minimum absolute atomic E-state index is 0.171. The summed E-state index contributed by atoms with van der Waals surface area (Å²) >= 11 is 0. The van der Waals surface area contributed by atoms with E-state index in [1.165, 1.54) is 0 Å². The number of anilines is 1. The fraction of sp³-hybridized carbons (Fsp3) is 0.538. The predicted molar refractivity (Wildman–Crippen MR) is 67.6 cm³/mol. The van der Waals surface area contributed by atoms with Crippen LogP contribution in [0.15, 0.2) is 12.1 Å². The van der Waals surface area contributed by atoms with Crippen molar-refractivity contribution >= 4 is 5.82 Å². The molecule has 1 rings (SSSR count). The molecule has 17 heavy (non-hydrogen) atoms. The molecule has 0 spiro atoms. The molecule has 0 aromatic carbocycles. The summed E-state index contributed by atoms with van der Waals surface area (Å²) in [5.74, 6) is 0.621. The Morgan fingerprint density at radius 3 is 2.65 bits per heavy atom. The number of pyridine rings is 1. The van der Waals surface area contributed by atoms with Gasteiger partial charge in [-0.2, -0.15) is 5.26 Å². The Morgan fingerprint density at radius 2 is 2.12 bits per heavy atom. The van der Waals surface area contributed by atoms with Gasteiger partial charge in [-0.25, -0.2) is 4.98 Å². The Bertz CT molecular complexity index is 429. The van der Waals surface area contributed by atoms with Crippen LogP contribution in [0.1, 0.15) is 32.0 Å². The van der Waals surface area contributed by atoms with Crippen molar-refractivity contribution in [3.05, 3.63) is 23.4 Å². The highest BCUT2D eigenvalue weighted by atomic mass is 16.3. The number of nitrogens with zero attached hydrogens (tertiary/aromatic N) is 2. The van der Waals surface area contributed by atoms with Crippen molar-refractivity contribution in [2.24, 2.45) is 5.41 Å². The van der Waals surface area contributed by atoms with Crippen LogP contribution < -0.4 is 5.32 Å². The quantitative estimate of drug-likeness (QED) is 0.838. The van der Waals surface area contributed by atoms with Gasteiger partial charge in [0.05, 0.1) is 6.10 Å². The minimum atomic E-state index is -0.462. The van der Waals surface area contributed by atoms with E-state index >= 15 is 0 Å². The normalized spacial score (nSPS) is 12.9. The monoisotopic (exact) mass is 233 g/mol. The summed E-state index contributed by atoms with van der Waals surface area (Å²) in [5.41, 5.74) is 1.10. The van der Waals surface area contributed by atoms with Crippen LogP contribution in [-0.4, -0.2) is 22.7 Å². The average Bonchev–Trinajstić information content (AvgIpc) is 2.26. The highest BCUT2D eigenvalue weighted by molar-refractivity contribution is 5.42. The first-order chi connectivity index (χ1) is 7.84. The van der Waals surface area contributed by atoms with E-state index in [0.29, 0.717) is 18.1 Å². The Hall–Kier alpha value is -1.60. The number of nitrogens with one attached hydrogen (secondary N) is 1. The SMILES string of the molecule is Cc1ccc(NCC(O)C(C)(C)C)nc1C#N. The van der Waals surface area contributed by atoms with Crippen molar-refractivity contribution in [1.82, 2.24) is 4.98 Å². The lowest BCUT2D eigenvalue weighted by Crippen LogP contribution is -2.33. The van der Waals surface area contributed by atoms with Crippen LogP contribution >= 0.6 is 0 Å². The Kier molecular flexibility index (Phi) is 4.08. The van der Waals surface area contributed by atoms with Gasteiger partial charge in [0.2, 0.25) is 0 Å². The fourth-order valence-corrected chi connectivity index (χ4v) is 1.25. The van der Waals surface area contributed by atoms with Crippen LogP contribution in [0, 0.1) is 23.7 Å². The molecule has 0 bridgehead atoms. The number of hydrogen-bond acceptors (Lipinski definition) is 4. The summed E-state index contributed by atoms with van der Waals surface area (Å²) in [5, 5.41) is 21.8. The molecule has 1 unspecified atom stereocenters. The number of aliphatic hydroxyl groups is 1. The van der Waals surface area contributed by atoms with Gasteiger partial charge in [-0.15, -0.1) is 0 Å². The fourth-order valence-electron chi connectivity index (χ4n) is 1.25. The molecule has 0 saturated carbocycles. The first-order valence-corrected chi connectivity index (χ1v) is 5.64. The van der Waals surface area contributed by atoms with E-state index in [0.717, 1.165) is 5.56 Å². The van der Waals surface area contributed by atoms with E-state index in [1.54, 1.807) is 0 Å². The lowest BCUT2D eigenvalue weighted by atomic mass is 9.89. The Labute approximate surface area is 102 Å². The summed E-state index contributed by atoms with van der Waals surface area (Å²) in [7, 11) is 0. The highest BCUT2D eigenvalue weighted by Gasteiger charge is 2.21. The molecule has 0 fully saturated rings. The van der Waals surface area contributed by atoms with Gasteiger partial charge in [-0.3, -0.25) is 0 Å². The summed E-state index contributed by atoms with van der Waals surface area (Å²) in [4.78, 5) is 4.16. The molecule has 0 saturated heterocycles. The first-order valence-electron chi connectivity index (χ1n) is 5.64. The van der Waals surface area contributed by atoms with Gasteiger partial charge in [0, 0.05) is 6.54 Å². The second-order valence-corrected chi connectivity index (χ2v) is 5.24. The Balaban J connectivity index is 2.68. The van der Waals surface area contributed by atoms with Crippen LogP contribution in [0.5, 0.6) is 0 Å². The molecule has 1 aromatic rings. The molecule has 0 radical (unpaired) electrons. The number of aryl methyl sites for hydroxylation is 1. The van der Waals surface area contributed by atoms with E-state index in [-0.39, 0.29) is 5.41 Å². The second kappa shape index (κ2) is 5.15. The number of rotatable bonds is 3. The number of nitriles is 1. The third-order valence-corrected chi connectivity index (χ3v) is 2.68. The van der Waals surface area contributed by atoms with Crippen LogP contribution in [0.25, 0.3) is 0 Å². The maximum Gasteiger partial charge on any atom is 0.145 e. The maximum atomic E-state index is 9.87. The van der Waals surface area contributed by atoms with Gasteiger partial charge >= 0.3 is 0 Å². The van der Waals surface area contributed by atoms with Crippen LogP contribution in [0.2, 0.25) is 0 Å². The van der Waals surface area contributed by atoms with Crippen molar-refractivity contribution in [1.29, 1.82) is 5.26 Å². The van der Waals surface area contributed by atoms with Gasteiger partial charge < -0.3 is 10.4 Å². The molecular weight excluding hydrogens is 214 g/mol. The van der Waals surface area contributed by atoms with Crippen molar-refractivity contribution in [3.63, 3.8) is 0 Å². The predicted octanol–water partition coefficient (Wildman–Crippen LogP) is 2.08. The maximum absolute atomic E-state index is 9.87. The molecule has 0 aliphatic rings. The summed E-state index contributed by atoms with van der Waals surface area (Å²) < 4.78 is 0. The zero-order valence-corrected chi connectivity index (χ0v) is 10.8. The molecule has 4 nitrogen and oxygen atoms in total. The van der Waals surface area contributed by atoms with Gasteiger partial charge in [0.15, 0.2) is 0 Å². The zero-order valence-electron chi connectivity index (χ0n) is 10.8. The first kappa shape index (κ1) is 13.5. The molecule has 1 heterocycles. The lowest BCUT2D eigenvalue weighted by Gasteiger charge is -2.26. The van der Waals surface area contributed by atoms with E-state index < -0.39 is 6.10 Å². The lowest BCUT2D eigenvalue weighted by molar-refractivity contribution is 0.0745. The largest absolute Gasteiger partial charge is 0.391 e. The molecule has 4 heteroatoms.